The van der Waals surface area contributed by atoms with Gasteiger partial charge in [-0.2, -0.15) is 14.8 Å². The van der Waals surface area contributed by atoms with Crippen molar-refractivity contribution < 1.29 is 23.8 Å². The topological polar surface area (TPSA) is 107 Å². The second kappa shape index (κ2) is 4.70. The highest BCUT2D eigenvalue weighted by Gasteiger charge is 2.16. The summed E-state index contributed by atoms with van der Waals surface area (Å²) in [7, 11) is 0. The van der Waals surface area contributed by atoms with Gasteiger partial charge in [-0.25, -0.2) is 9.59 Å². The van der Waals surface area contributed by atoms with E-state index in [1.165, 1.54) is 12.3 Å². The maximum Gasteiger partial charge on any atom is 0.360 e. The van der Waals surface area contributed by atoms with Crippen molar-refractivity contribution in [2.75, 3.05) is 6.61 Å². The molecule has 8 nitrogen and oxygen atoms in total. The Hall–Kier alpha value is -2.64. The lowest BCUT2D eigenvalue weighted by Crippen LogP contribution is -2.06. The van der Waals surface area contributed by atoms with E-state index in [9.17, 15) is 9.59 Å². The number of carboxylic acid groups (broad SMARTS) is 1. The lowest BCUT2D eigenvalue weighted by atomic mass is 10.5. The fourth-order valence-electron chi connectivity index (χ4n) is 1.21. The molecule has 0 aromatic carbocycles. The number of carbonyl (C=O) groups is 2. The van der Waals surface area contributed by atoms with Crippen molar-refractivity contribution in [3.8, 4) is 6.01 Å². The summed E-state index contributed by atoms with van der Waals surface area (Å²) in [5.74, 6) is -1.77. The summed E-state index contributed by atoms with van der Waals surface area (Å²) in [5.41, 5.74) is -0.148. The fourth-order valence-corrected chi connectivity index (χ4v) is 1.21. The molecule has 2 aromatic heterocycles. The van der Waals surface area contributed by atoms with Crippen molar-refractivity contribution in [1.82, 2.24) is 14.8 Å². The lowest BCUT2D eigenvalue weighted by Gasteiger charge is -1.95. The number of carboxylic acids is 1. The van der Waals surface area contributed by atoms with Crippen molar-refractivity contribution in [3.63, 3.8) is 0 Å². The van der Waals surface area contributed by atoms with Gasteiger partial charge >= 0.3 is 18.0 Å². The first-order chi connectivity index (χ1) is 8.61. The summed E-state index contributed by atoms with van der Waals surface area (Å²) in [4.78, 5) is 25.8. The summed E-state index contributed by atoms with van der Waals surface area (Å²) >= 11 is 0. The Morgan fingerprint density at radius 3 is 2.89 bits per heavy atom. The van der Waals surface area contributed by atoms with Gasteiger partial charge in [0, 0.05) is 6.20 Å². The second-order valence-electron chi connectivity index (χ2n) is 3.19. The van der Waals surface area contributed by atoms with Gasteiger partial charge in [0.1, 0.15) is 6.26 Å². The van der Waals surface area contributed by atoms with E-state index in [0.717, 1.165) is 10.9 Å². The monoisotopic (exact) mass is 251 g/mol. The first-order valence-electron chi connectivity index (χ1n) is 5.03. The molecule has 18 heavy (non-hydrogen) atoms. The molecule has 0 atom stereocenters. The maximum absolute atomic E-state index is 11.3. The van der Waals surface area contributed by atoms with E-state index in [1.807, 2.05) is 0 Å². The van der Waals surface area contributed by atoms with Crippen LogP contribution in [0.25, 0.3) is 6.01 Å². The molecule has 0 spiro atoms. The van der Waals surface area contributed by atoms with Gasteiger partial charge in [-0.15, -0.1) is 0 Å². The number of esters is 1. The number of aromatic carboxylic acids is 1. The van der Waals surface area contributed by atoms with Crippen molar-refractivity contribution >= 4 is 11.9 Å². The highest BCUT2D eigenvalue weighted by molar-refractivity contribution is 5.87. The molecule has 8 heteroatoms. The van der Waals surface area contributed by atoms with Crippen LogP contribution in [0.1, 0.15) is 27.9 Å². The van der Waals surface area contributed by atoms with Crippen LogP contribution >= 0.6 is 0 Å². The Kier molecular flexibility index (Phi) is 3.09. The zero-order valence-corrected chi connectivity index (χ0v) is 9.36. The van der Waals surface area contributed by atoms with Gasteiger partial charge in [-0.3, -0.25) is 0 Å². The molecule has 0 amide bonds. The normalized spacial score (nSPS) is 10.3. The zero-order valence-electron chi connectivity index (χ0n) is 9.36. The minimum Gasteiger partial charge on any atom is -0.476 e. The Morgan fingerprint density at radius 1 is 1.50 bits per heavy atom. The smallest absolute Gasteiger partial charge is 0.360 e. The standard InChI is InChI=1S/C10H9N3O5/c1-2-17-9(16)7-5-18-10(11-7)13-4-3-6(12-13)8(14)15/h3-5H,2H2,1H3,(H,14,15). The number of nitrogens with zero attached hydrogens (tertiary/aromatic N) is 3. The number of aromatic nitrogens is 3. The number of hydrogen-bond acceptors (Lipinski definition) is 6. The second-order valence-corrected chi connectivity index (χ2v) is 3.19. The molecule has 0 bridgehead atoms. The zero-order chi connectivity index (χ0) is 13.1. The van der Waals surface area contributed by atoms with E-state index in [2.05, 4.69) is 10.1 Å². The van der Waals surface area contributed by atoms with Crippen LogP contribution in [0.15, 0.2) is 22.9 Å². The Morgan fingerprint density at radius 2 is 2.28 bits per heavy atom. The van der Waals surface area contributed by atoms with E-state index in [4.69, 9.17) is 14.3 Å². The summed E-state index contributed by atoms with van der Waals surface area (Å²) in [6.07, 6.45) is 2.49. The van der Waals surface area contributed by atoms with Crippen LogP contribution in [0.3, 0.4) is 0 Å². The van der Waals surface area contributed by atoms with Crippen LogP contribution in [-0.4, -0.2) is 38.4 Å². The van der Waals surface area contributed by atoms with Crippen molar-refractivity contribution in [3.05, 3.63) is 29.9 Å². The third-order valence-corrected chi connectivity index (χ3v) is 1.98. The molecule has 2 rings (SSSR count). The maximum atomic E-state index is 11.3. The van der Waals surface area contributed by atoms with Crippen LogP contribution in [0.4, 0.5) is 0 Å². The molecule has 1 N–H and O–H groups in total. The minimum absolute atomic E-state index is 0.000718. The van der Waals surface area contributed by atoms with Crippen LogP contribution < -0.4 is 0 Å². The largest absolute Gasteiger partial charge is 0.476 e. The number of ether oxygens (including phenoxy) is 1. The van der Waals surface area contributed by atoms with Crippen molar-refractivity contribution in [1.29, 1.82) is 0 Å². The van der Waals surface area contributed by atoms with Crippen LogP contribution in [0.2, 0.25) is 0 Å². The molecule has 0 saturated carbocycles. The molecule has 0 aliphatic carbocycles. The van der Waals surface area contributed by atoms with Gasteiger partial charge in [-0.1, -0.05) is 0 Å². The van der Waals surface area contributed by atoms with Gasteiger partial charge in [0.25, 0.3) is 0 Å². The third kappa shape index (κ3) is 2.21. The van der Waals surface area contributed by atoms with Crippen molar-refractivity contribution in [2.24, 2.45) is 0 Å². The molecule has 0 aliphatic heterocycles. The number of hydrogen-bond donors (Lipinski definition) is 1. The molecule has 0 saturated heterocycles. The minimum atomic E-state index is -1.16. The molecule has 0 aliphatic rings. The highest BCUT2D eigenvalue weighted by atomic mass is 16.5. The van der Waals surface area contributed by atoms with E-state index >= 15 is 0 Å². The van der Waals surface area contributed by atoms with Crippen LogP contribution in [-0.2, 0) is 4.74 Å². The van der Waals surface area contributed by atoms with Crippen molar-refractivity contribution in [2.45, 2.75) is 6.92 Å². The fraction of sp³-hybridized carbons (Fsp3) is 0.200. The molecule has 0 unspecified atom stereocenters. The lowest BCUT2D eigenvalue weighted by molar-refractivity contribution is 0.0519. The third-order valence-electron chi connectivity index (χ3n) is 1.98. The molecule has 2 heterocycles. The number of oxazole rings is 1. The average molecular weight is 251 g/mol. The van der Waals surface area contributed by atoms with E-state index in [-0.39, 0.29) is 24.0 Å². The van der Waals surface area contributed by atoms with Gasteiger partial charge in [0.2, 0.25) is 0 Å². The van der Waals surface area contributed by atoms with Crippen LogP contribution in [0.5, 0.6) is 0 Å². The predicted octanol–water partition coefficient (Wildman–Crippen LogP) is 0.735. The van der Waals surface area contributed by atoms with Crippen LogP contribution in [0, 0.1) is 0 Å². The Bertz CT molecular complexity index is 586. The first-order valence-corrected chi connectivity index (χ1v) is 5.03. The molecule has 0 fully saturated rings. The quantitative estimate of drug-likeness (QED) is 0.798. The van der Waals surface area contributed by atoms with E-state index in [0.29, 0.717) is 0 Å². The SMILES string of the molecule is CCOC(=O)c1coc(-n2ccc(C(=O)O)n2)n1. The summed E-state index contributed by atoms with van der Waals surface area (Å²) < 4.78 is 10.9. The summed E-state index contributed by atoms with van der Waals surface area (Å²) in [5, 5.41) is 12.4. The van der Waals surface area contributed by atoms with E-state index in [1.54, 1.807) is 6.92 Å². The Labute approximate surface area is 101 Å². The average Bonchev–Trinajstić information content (AvgIpc) is 2.98. The molecular weight excluding hydrogens is 242 g/mol. The predicted molar refractivity (Wildman–Crippen MR) is 56.5 cm³/mol. The number of rotatable bonds is 4. The van der Waals surface area contributed by atoms with Gasteiger partial charge in [-0.05, 0) is 13.0 Å². The highest BCUT2D eigenvalue weighted by Crippen LogP contribution is 2.09. The van der Waals surface area contributed by atoms with Gasteiger partial charge < -0.3 is 14.3 Å². The first kappa shape index (κ1) is 11.8. The van der Waals surface area contributed by atoms with Gasteiger partial charge in [0.05, 0.1) is 6.61 Å². The number of carbonyl (C=O) groups excluding carboxylic acids is 1. The van der Waals surface area contributed by atoms with E-state index < -0.39 is 11.9 Å². The van der Waals surface area contributed by atoms with Gasteiger partial charge in [0.15, 0.2) is 11.4 Å². The molecule has 0 radical (unpaired) electrons. The molecular formula is C10H9N3O5. The Balaban J connectivity index is 2.23. The molecule has 2 aromatic rings. The summed E-state index contributed by atoms with van der Waals surface area (Å²) in [6, 6.07) is 1.28. The molecule has 94 valence electrons. The summed E-state index contributed by atoms with van der Waals surface area (Å²) in [6.45, 7) is 1.90.